The van der Waals surface area contributed by atoms with Gasteiger partial charge in [0.25, 0.3) is 5.91 Å². The molecule has 4 heteroatoms. The predicted octanol–water partition coefficient (Wildman–Crippen LogP) is 1.78. The Hall–Kier alpha value is -2.33. The largest absolute Gasteiger partial charge is 0.508 e. The molecule has 0 aliphatic rings. The van der Waals surface area contributed by atoms with Gasteiger partial charge in [0, 0.05) is 6.54 Å². The second-order valence-corrected chi connectivity index (χ2v) is 4.52. The summed E-state index contributed by atoms with van der Waals surface area (Å²) in [5.41, 5.74) is 1.50. The van der Waals surface area contributed by atoms with Crippen molar-refractivity contribution < 1.29 is 15.0 Å². The van der Waals surface area contributed by atoms with E-state index in [4.69, 9.17) is 0 Å². The zero-order valence-corrected chi connectivity index (χ0v) is 11.0. The number of aromatic hydroxyl groups is 1. The van der Waals surface area contributed by atoms with E-state index in [1.807, 2.05) is 12.1 Å². The summed E-state index contributed by atoms with van der Waals surface area (Å²) in [7, 11) is 0. The van der Waals surface area contributed by atoms with E-state index in [9.17, 15) is 15.0 Å². The van der Waals surface area contributed by atoms with Gasteiger partial charge in [0.1, 0.15) is 5.75 Å². The fraction of sp³-hybridized carbons (Fsp3) is 0.188. The van der Waals surface area contributed by atoms with Gasteiger partial charge in [0.05, 0.1) is 0 Å². The average molecular weight is 271 g/mol. The first-order chi connectivity index (χ1) is 9.66. The van der Waals surface area contributed by atoms with Gasteiger partial charge in [-0.3, -0.25) is 4.79 Å². The molecule has 0 aliphatic heterocycles. The van der Waals surface area contributed by atoms with Crippen molar-refractivity contribution in [2.75, 3.05) is 6.54 Å². The average Bonchev–Trinajstić information content (AvgIpc) is 2.47. The Kier molecular flexibility index (Phi) is 4.74. The molecule has 1 atom stereocenters. The summed E-state index contributed by atoms with van der Waals surface area (Å²) in [6, 6.07) is 15.7. The molecule has 0 saturated heterocycles. The normalized spacial score (nSPS) is 11.8. The standard InChI is InChI=1S/C16H17NO3/c18-14-8-4-5-12(11-14)9-10-17-16(20)15(19)13-6-2-1-3-7-13/h1-8,11,15,18-19H,9-10H2,(H,17,20). The smallest absolute Gasteiger partial charge is 0.253 e. The van der Waals surface area contributed by atoms with Gasteiger partial charge in [0.2, 0.25) is 0 Å². The number of hydrogen-bond donors (Lipinski definition) is 3. The van der Waals surface area contributed by atoms with Gasteiger partial charge in [-0.1, -0.05) is 42.5 Å². The topological polar surface area (TPSA) is 69.6 Å². The van der Waals surface area contributed by atoms with Crippen molar-refractivity contribution in [2.45, 2.75) is 12.5 Å². The van der Waals surface area contributed by atoms with Gasteiger partial charge in [-0.05, 0) is 29.7 Å². The molecule has 1 amide bonds. The fourth-order valence-corrected chi connectivity index (χ4v) is 1.93. The molecule has 0 radical (unpaired) electrons. The van der Waals surface area contributed by atoms with Crippen molar-refractivity contribution >= 4 is 5.91 Å². The quantitative estimate of drug-likeness (QED) is 0.776. The second-order valence-electron chi connectivity index (χ2n) is 4.52. The Morgan fingerprint density at radius 1 is 1.10 bits per heavy atom. The molecule has 0 saturated carbocycles. The van der Waals surface area contributed by atoms with Crippen molar-refractivity contribution in [3.63, 3.8) is 0 Å². The lowest BCUT2D eigenvalue weighted by atomic mass is 10.1. The first-order valence-corrected chi connectivity index (χ1v) is 6.45. The SMILES string of the molecule is O=C(NCCc1cccc(O)c1)C(O)c1ccccc1. The molecule has 1 unspecified atom stereocenters. The summed E-state index contributed by atoms with van der Waals surface area (Å²) in [5.74, 6) is -0.213. The van der Waals surface area contributed by atoms with Gasteiger partial charge < -0.3 is 15.5 Å². The molecule has 2 aromatic carbocycles. The monoisotopic (exact) mass is 271 g/mol. The number of benzene rings is 2. The van der Waals surface area contributed by atoms with Crippen LogP contribution >= 0.6 is 0 Å². The van der Waals surface area contributed by atoms with E-state index in [0.717, 1.165) is 5.56 Å². The minimum Gasteiger partial charge on any atom is -0.508 e. The number of amides is 1. The van der Waals surface area contributed by atoms with Crippen LogP contribution in [0.3, 0.4) is 0 Å². The summed E-state index contributed by atoms with van der Waals surface area (Å²) >= 11 is 0. The third-order valence-electron chi connectivity index (χ3n) is 2.99. The van der Waals surface area contributed by atoms with Crippen LogP contribution in [-0.4, -0.2) is 22.7 Å². The lowest BCUT2D eigenvalue weighted by Crippen LogP contribution is -2.30. The lowest BCUT2D eigenvalue weighted by molar-refractivity contribution is -0.129. The molecule has 20 heavy (non-hydrogen) atoms. The van der Waals surface area contributed by atoms with E-state index in [1.165, 1.54) is 0 Å². The third-order valence-corrected chi connectivity index (χ3v) is 2.99. The van der Waals surface area contributed by atoms with E-state index in [2.05, 4.69) is 5.32 Å². The summed E-state index contributed by atoms with van der Waals surface area (Å²) in [6.07, 6.45) is -0.554. The summed E-state index contributed by atoms with van der Waals surface area (Å²) < 4.78 is 0. The zero-order chi connectivity index (χ0) is 14.4. The molecule has 3 N–H and O–H groups in total. The molecule has 2 aromatic rings. The van der Waals surface area contributed by atoms with Crippen LogP contribution in [0.1, 0.15) is 17.2 Å². The number of carbonyl (C=O) groups is 1. The molecule has 0 spiro atoms. The summed E-state index contributed by atoms with van der Waals surface area (Å²) in [5, 5.41) is 21.9. The van der Waals surface area contributed by atoms with Gasteiger partial charge in [-0.25, -0.2) is 0 Å². The van der Waals surface area contributed by atoms with Gasteiger partial charge >= 0.3 is 0 Å². The first-order valence-electron chi connectivity index (χ1n) is 6.45. The number of rotatable bonds is 5. The Morgan fingerprint density at radius 3 is 2.55 bits per heavy atom. The highest BCUT2D eigenvalue weighted by Crippen LogP contribution is 2.13. The second kappa shape index (κ2) is 6.73. The number of carbonyl (C=O) groups excluding carboxylic acids is 1. The molecular formula is C16H17NO3. The van der Waals surface area contributed by atoms with Crippen LogP contribution in [0.15, 0.2) is 54.6 Å². The van der Waals surface area contributed by atoms with Crippen LogP contribution in [0.4, 0.5) is 0 Å². The number of phenols is 1. The van der Waals surface area contributed by atoms with Gasteiger partial charge in [-0.2, -0.15) is 0 Å². The Morgan fingerprint density at radius 2 is 1.85 bits per heavy atom. The molecular weight excluding hydrogens is 254 g/mol. The molecule has 0 bridgehead atoms. The van der Waals surface area contributed by atoms with Crippen LogP contribution in [0.5, 0.6) is 5.75 Å². The van der Waals surface area contributed by atoms with Crippen LogP contribution < -0.4 is 5.32 Å². The van der Waals surface area contributed by atoms with Crippen molar-refractivity contribution in [3.05, 3.63) is 65.7 Å². The van der Waals surface area contributed by atoms with E-state index >= 15 is 0 Å². The van der Waals surface area contributed by atoms with Crippen LogP contribution in [0.2, 0.25) is 0 Å². The first kappa shape index (κ1) is 14.1. The zero-order valence-electron chi connectivity index (χ0n) is 11.0. The molecule has 4 nitrogen and oxygen atoms in total. The number of nitrogens with one attached hydrogen (secondary N) is 1. The van der Waals surface area contributed by atoms with E-state index in [1.54, 1.807) is 42.5 Å². The Labute approximate surface area is 117 Å². The highest BCUT2D eigenvalue weighted by molar-refractivity contribution is 5.81. The van der Waals surface area contributed by atoms with Crippen molar-refractivity contribution in [2.24, 2.45) is 0 Å². The Bertz CT molecular complexity index is 569. The van der Waals surface area contributed by atoms with Crippen LogP contribution in [0.25, 0.3) is 0 Å². The van der Waals surface area contributed by atoms with E-state index in [0.29, 0.717) is 18.5 Å². The van der Waals surface area contributed by atoms with Crippen molar-refractivity contribution in [1.29, 1.82) is 0 Å². The third kappa shape index (κ3) is 3.83. The molecule has 0 heterocycles. The van der Waals surface area contributed by atoms with Crippen molar-refractivity contribution in [1.82, 2.24) is 5.32 Å². The van der Waals surface area contributed by atoms with Gasteiger partial charge in [0.15, 0.2) is 6.10 Å². The van der Waals surface area contributed by atoms with E-state index < -0.39 is 12.0 Å². The van der Waals surface area contributed by atoms with E-state index in [-0.39, 0.29) is 5.75 Å². The minimum absolute atomic E-state index is 0.207. The molecule has 104 valence electrons. The molecule has 2 rings (SSSR count). The molecule has 0 aromatic heterocycles. The number of aliphatic hydroxyl groups is 1. The molecule has 0 fully saturated rings. The number of aliphatic hydroxyl groups excluding tert-OH is 1. The van der Waals surface area contributed by atoms with Crippen molar-refractivity contribution in [3.8, 4) is 5.75 Å². The van der Waals surface area contributed by atoms with Crippen LogP contribution in [0, 0.1) is 0 Å². The van der Waals surface area contributed by atoms with Gasteiger partial charge in [-0.15, -0.1) is 0 Å². The minimum atomic E-state index is -1.15. The maximum absolute atomic E-state index is 11.8. The summed E-state index contributed by atoms with van der Waals surface area (Å²) in [6.45, 7) is 0.409. The predicted molar refractivity (Wildman–Crippen MR) is 76.2 cm³/mol. The lowest BCUT2D eigenvalue weighted by Gasteiger charge is -2.11. The summed E-state index contributed by atoms with van der Waals surface area (Å²) in [4.78, 5) is 11.8. The maximum atomic E-state index is 11.8. The Balaban J connectivity index is 1.83. The maximum Gasteiger partial charge on any atom is 0.253 e. The molecule has 0 aliphatic carbocycles. The number of phenolic OH excluding ortho intramolecular Hbond substituents is 1. The fourth-order valence-electron chi connectivity index (χ4n) is 1.93. The number of hydrogen-bond acceptors (Lipinski definition) is 3. The highest BCUT2D eigenvalue weighted by atomic mass is 16.3. The highest BCUT2D eigenvalue weighted by Gasteiger charge is 2.15. The van der Waals surface area contributed by atoms with Crippen LogP contribution in [-0.2, 0) is 11.2 Å².